The molecule has 1 aliphatic heterocycles. The molecule has 2 aliphatic rings. The summed E-state index contributed by atoms with van der Waals surface area (Å²) in [7, 11) is 0.273. The zero-order valence-electron chi connectivity index (χ0n) is 21.6. The van der Waals surface area contributed by atoms with Crippen LogP contribution < -0.4 is 0 Å². The average molecular weight is 446 g/mol. The van der Waals surface area contributed by atoms with E-state index in [0.717, 1.165) is 11.5 Å². The zero-order valence-corrected chi connectivity index (χ0v) is 22.4. The van der Waals surface area contributed by atoms with Gasteiger partial charge >= 0.3 is 0 Å². The third-order valence-electron chi connectivity index (χ3n) is 5.55. The van der Waals surface area contributed by atoms with E-state index in [-0.39, 0.29) is 15.6 Å². The molecule has 1 aliphatic carbocycles. The number of rotatable bonds is 4. The van der Waals surface area contributed by atoms with Crippen LogP contribution in [0.2, 0.25) is 0 Å². The van der Waals surface area contributed by atoms with Crippen molar-refractivity contribution in [1.82, 2.24) is 0 Å². The number of benzene rings is 1. The summed E-state index contributed by atoms with van der Waals surface area (Å²) in [5, 5.41) is 0. The number of carbonyl (C=O) groups excluding carboxylic acids is 1. The van der Waals surface area contributed by atoms with Crippen molar-refractivity contribution in [1.29, 1.82) is 0 Å². The molecule has 176 valence electrons. The Labute approximate surface area is 197 Å². The lowest BCUT2D eigenvalue weighted by molar-refractivity contribution is 0.0956. The van der Waals surface area contributed by atoms with Crippen molar-refractivity contribution in [3.05, 3.63) is 60.2 Å². The summed E-state index contributed by atoms with van der Waals surface area (Å²) in [4.78, 5) is 12.9. The van der Waals surface area contributed by atoms with E-state index in [1.165, 1.54) is 67.6 Å². The monoisotopic (exact) mass is 445 g/mol. The Morgan fingerprint density at radius 2 is 1.39 bits per heavy atom. The predicted molar refractivity (Wildman–Crippen MR) is 145 cm³/mol. The fourth-order valence-corrected chi connectivity index (χ4v) is 6.70. The molecule has 31 heavy (non-hydrogen) atoms. The van der Waals surface area contributed by atoms with Gasteiger partial charge in [-0.15, -0.1) is 13.2 Å². The minimum atomic E-state index is -0.178. The number of Topliss-reactive ketones (excluding diaryl/α,β-unsaturated/α-hetero) is 1. The summed E-state index contributed by atoms with van der Waals surface area (Å²) < 4.78 is -0.178. The first-order valence-electron chi connectivity index (χ1n) is 12.3. The van der Waals surface area contributed by atoms with Gasteiger partial charge in [-0.2, -0.15) is 0 Å². The molecule has 0 atom stereocenters. The Morgan fingerprint density at radius 1 is 0.968 bits per heavy atom. The van der Waals surface area contributed by atoms with Gasteiger partial charge in [-0.1, -0.05) is 69.0 Å². The van der Waals surface area contributed by atoms with E-state index in [9.17, 15) is 4.79 Å². The van der Waals surface area contributed by atoms with Crippen LogP contribution in [0, 0.1) is 0 Å². The lowest BCUT2D eigenvalue weighted by Crippen LogP contribution is -2.41. The van der Waals surface area contributed by atoms with Crippen molar-refractivity contribution >= 4 is 16.7 Å². The molecular formula is C29H49OS+. The molecule has 1 heterocycles. The summed E-state index contributed by atoms with van der Waals surface area (Å²) >= 11 is 0. The smallest absolute Gasteiger partial charge is 0.217 e. The normalized spacial score (nSPS) is 16.5. The van der Waals surface area contributed by atoms with Gasteiger partial charge < -0.3 is 0 Å². The number of hydrogen-bond donors (Lipinski definition) is 0. The van der Waals surface area contributed by atoms with Gasteiger partial charge in [0.05, 0.1) is 0 Å². The third kappa shape index (κ3) is 10.7. The van der Waals surface area contributed by atoms with Crippen LogP contribution in [-0.4, -0.2) is 22.0 Å². The van der Waals surface area contributed by atoms with Crippen molar-refractivity contribution < 1.29 is 4.79 Å². The van der Waals surface area contributed by atoms with E-state index < -0.39 is 0 Å². The summed E-state index contributed by atoms with van der Waals surface area (Å²) in [5.74, 6) is 3.58. The van der Waals surface area contributed by atoms with Crippen molar-refractivity contribution in [2.75, 3.05) is 11.5 Å². The fraction of sp³-hybridized carbons (Fsp3) is 0.621. The molecule has 0 N–H and O–H groups in total. The maximum Gasteiger partial charge on any atom is 0.217 e. The molecule has 1 saturated heterocycles. The van der Waals surface area contributed by atoms with Crippen LogP contribution in [0.4, 0.5) is 0 Å². The quantitative estimate of drug-likeness (QED) is 0.257. The predicted octanol–water partition coefficient (Wildman–Crippen LogP) is 8.91. The minimum Gasteiger partial charge on any atom is -0.288 e. The van der Waals surface area contributed by atoms with Crippen LogP contribution >= 0.6 is 0 Å². The summed E-state index contributed by atoms with van der Waals surface area (Å²) in [6, 6.07) is 8.62. The van der Waals surface area contributed by atoms with Crippen LogP contribution in [-0.2, 0) is 10.9 Å². The SMILES string of the molecule is C=C(C)C.C=CC.CC.CC(C)(C(=O)c1ccc(C2CCCCC2)cc1)[S+]1CCCC1. The van der Waals surface area contributed by atoms with Crippen LogP contribution in [0.3, 0.4) is 0 Å². The number of carbonyl (C=O) groups is 1. The molecule has 1 aromatic rings. The fourth-order valence-electron chi connectivity index (χ4n) is 3.99. The lowest BCUT2D eigenvalue weighted by atomic mass is 9.83. The summed E-state index contributed by atoms with van der Waals surface area (Å²) in [5.41, 5.74) is 3.53. The summed E-state index contributed by atoms with van der Waals surface area (Å²) in [6.45, 7) is 21.1. The van der Waals surface area contributed by atoms with Crippen molar-refractivity contribution in [3.8, 4) is 0 Å². The lowest BCUT2D eigenvalue weighted by Gasteiger charge is -2.23. The Hall–Kier alpha value is -1.28. The van der Waals surface area contributed by atoms with Gasteiger partial charge in [-0.05, 0) is 71.8 Å². The van der Waals surface area contributed by atoms with Gasteiger partial charge in [0.15, 0.2) is 4.75 Å². The van der Waals surface area contributed by atoms with E-state index >= 15 is 0 Å². The Balaban J connectivity index is 0.000000865. The maximum absolute atomic E-state index is 12.9. The highest BCUT2D eigenvalue weighted by atomic mass is 32.2. The first kappa shape index (κ1) is 29.7. The van der Waals surface area contributed by atoms with Gasteiger partial charge in [0.25, 0.3) is 0 Å². The number of allylic oxidation sites excluding steroid dienone is 2. The topological polar surface area (TPSA) is 17.1 Å². The highest BCUT2D eigenvalue weighted by Gasteiger charge is 2.47. The molecule has 0 radical (unpaired) electrons. The Kier molecular flexibility index (Phi) is 15.7. The van der Waals surface area contributed by atoms with Crippen LogP contribution in [0.15, 0.2) is 49.1 Å². The van der Waals surface area contributed by atoms with E-state index in [1.807, 2.05) is 34.6 Å². The largest absolute Gasteiger partial charge is 0.288 e. The molecule has 3 rings (SSSR count). The van der Waals surface area contributed by atoms with E-state index in [0.29, 0.717) is 5.78 Å². The highest BCUT2D eigenvalue weighted by Crippen LogP contribution is 2.34. The van der Waals surface area contributed by atoms with Gasteiger partial charge in [0.2, 0.25) is 5.78 Å². The van der Waals surface area contributed by atoms with Gasteiger partial charge in [0.1, 0.15) is 11.5 Å². The van der Waals surface area contributed by atoms with E-state index in [1.54, 1.807) is 6.08 Å². The van der Waals surface area contributed by atoms with Crippen molar-refractivity contribution in [3.63, 3.8) is 0 Å². The highest BCUT2D eigenvalue weighted by molar-refractivity contribution is 7.99. The second kappa shape index (κ2) is 16.4. The van der Waals surface area contributed by atoms with Crippen molar-refractivity contribution in [2.24, 2.45) is 0 Å². The molecule has 1 aromatic carbocycles. The van der Waals surface area contributed by atoms with Crippen molar-refractivity contribution in [2.45, 2.75) is 104 Å². The second-order valence-corrected chi connectivity index (χ2v) is 11.8. The average Bonchev–Trinajstić information content (AvgIpc) is 3.32. The standard InChI is InChI=1S/C20H29OS.C4H8.C3H6.C2H6/c1-20(2,22-14-6-7-15-22)19(21)18-12-10-17(11-13-18)16-8-4-3-5-9-16;1-4(2)3;1-3-2;1-2/h10-13,16H,3-9,14-15H2,1-2H3;1H2,2-3H3;3H,1H2,2H3;1-2H3/q+1;;;. The van der Waals surface area contributed by atoms with E-state index in [4.69, 9.17) is 0 Å². The molecule has 1 saturated carbocycles. The second-order valence-electron chi connectivity index (χ2n) is 9.02. The van der Waals surface area contributed by atoms with Crippen LogP contribution in [0.25, 0.3) is 0 Å². The van der Waals surface area contributed by atoms with Gasteiger partial charge in [-0.3, -0.25) is 4.79 Å². The molecule has 0 amide bonds. The maximum atomic E-state index is 12.9. The van der Waals surface area contributed by atoms with Gasteiger partial charge in [-0.25, -0.2) is 0 Å². The summed E-state index contributed by atoms with van der Waals surface area (Å²) in [6.07, 6.45) is 11.1. The number of ketones is 1. The number of hydrogen-bond acceptors (Lipinski definition) is 1. The van der Waals surface area contributed by atoms with Crippen LogP contribution in [0.1, 0.15) is 115 Å². The Morgan fingerprint density at radius 3 is 1.81 bits per heavy atom. The Bertz CT molecular complexity index is 625. The minimum absolute atomic E-state index is 0.178. The van der Waals surface area contributed by atoms with E-state index in [2.05, 4.69) is 51.3 Å². The molecule has 2 fully saturated rings. The van der Waals surface area contributed by atoms with Gasteiger partial charge in [0, 0.05) is 16.5 Å². The molecule has 0 aromatic heterocycles. The molecule has 0 unspecified atom stereocenters. The first-order valence-corrected chi connectivity index (χ1v) is 13.8. The molecule has 2 heteroatoms. The van der Waals surface area contributed by atoms with Crippen LogP contribution in [0.5, 0.6) is 0 Å². The third-order valence-corrected chi connectivity index (χ3v) is 8.74. The molecule has 0 bridgehead atoms. The molecule has 0 spiro atoms. The zero-order chi connectivity index (χ0) is 23.9. The molecular weight excluding hydrogens is 396 g/mol. The molecule has 1 nitrogen and oxygen atoms in total. The first-order chi connectivity index (χ1) is 14.7.